The fourth-order valence-electron chi connectivity index (χ4n) is 9.18. The lowest BCUT2D eigenvalue weighted by molar-refractivity contribution is 0.669. The first-order valence-corrected chi connectivity index (χ1v) is 20.4. The Bertz CT molecular complexity index is 3900. The van der Waals surface area contributed by atoms with Crippen LogP contribution < -0.4 is 0 Å². The molecule has 4 heterocycles. The summed E-state index contributed by atoms with van der Waals surface area (Å²) in [5.41, 5.74) is 11.1. The quantitative estimate of drug-likeness (QED) is 0.174. The Morgan fingerprint density at radius 2 is 0.918 bits per heavy atom. The van der Waals surface area contributed by atoms with Gasteiger partial charge in [-0.3, -0.25) is 0 Å². The Balaban J connectivity index is 1.09. The van der Waals surface area contributed by atoms with E-state index >= 15 is 0 Å². The second kappa shape index (κ2) is 13.1. The number of rotatable bonds is 5. The van der Waals surface area contributed by atoms with Crippen molar-refractivity contribution in [3.63, 3.8) is 0 Å². The van der Waals surface area contributed by atoms with Crippen LogP contribution in [0.15, 0.2) is 203 Å². The van der Waals surface area contributed by atoms with Gasteiger partial charge in [0.15, 0.2) is 17.5 Å². The zero-order valence-electron chi connectivity index (χ0n) is 32.6. The van der Waals surface area contributed by atoms with Crippen LogP contribution in [0.2, 0.25) is 0 Å². The van der Waals surface area contributed by atoms with Gasteiger partial charge in [0.1, 0.15) is 22.3 Å². The van der Waals surface area contributed by atoms with Crippen molar-refractivity contribution >= 4 is 76.5 Å². The first-order valence-electron chi connectivity index (χ1n) is 20.4. The zero-order chi connectivity index (χ0) is 40.0. The Labute approximate surface area is 348 Å². The van der Waals surface area contributed by atoms with Crippen LogP contribution in [0.1, 0.15) is 0 Å². The third kappa shape index (κ3) is 5.26. The molecule has 284 valence electrons. The summed E-state index contributed by atoms with van der Waals surface area (Å²) in [6.07, 6.45) is 0. The van der Waals surface area contributed by atoms with Crippen molar-refractivity contribution in [1.29, 1.82) is 0 Å². The molecule has 0 aliphatic rings. The lowest BCUT2D eigenvalue weighted by Gasteiger charge is -2.16. The average Bonchev–Trinajstić information content (AvgIpc) is 4.00. The maximum absolute atomic E-state index is 6.74. The fourth-order valence-corrected chi connectivity index (χ4v) is 9.18. The summed E-state index contributed by atoms with van der Waals surface area (Å²) >= 11 is 0. The summed E-state index contributed by atoms with van der Waals surface area (Å²) in [6.45, 7) is 0. The molecule has 13 rings (SSSR count). The van der Waals surface area contributed by atoms with Gasteiger partial charge >= 0.3 is 0 Å². The molecule has 4 aromatic heterocycles. The lowest BCUT2D eigenvalue weighted by atomic mass is 9.97. The number of furan rings is 2. The highest BCUT2D eigenvalue weighted by Crippen LogP contribution is 2.43. The van der Waals surface area contributed by atoms with Crippen molar-refractivity contribution in [3.05, 3.63) is 194 Å². The highest BCUT2D eigenvalue weighted by Gasteiger charge is 2.22. The van der Waals surface area contributed by atoms with E-state index < -0.39 is 0 Å². The van der Waals surface area contributed by atoms with Crippen LogP contribution in [0.4, 0.5) is 0 Å². The minimum atomic E-state index is 0.561. The van der Waals surface area contributed by atoms with Crippen LogP contribution in [0.5, 0.6) is 0 Å². The molecule has 0 fully saturated rings. The van der Waals surface area contributed by atoms with E-state index in [2.05, 4.69) is 132 Å². The van der Waals surface area contributed by atoms with E-state index in [1.54, 1.807) is 0 Å². The molecule has 6 nitrogen and oxygen atoms in total. The van der Waals surface area contributed by atoms with Crippen molar-refractivity contribution < 1.29 is 8.83 Å². The Morgan fingerprint density at radius 3 is 1.72 bits per heavy atom. The van der Waals surface area contributed by atoms with Crippen LogP contribution in [0.25, 0.3) is 127 Å². The molecule has 0 spiro atoms. The number of para-hydroxylation sites is 4. The van der Waals surface area contributed by atoms with Crippen molar-refractivity contribution in [2.45, 2.75) is 0 Å². The molecular formula is C55H32N4O2. The highest BCUT2D eigenvalue weighted by atomic mass is 16.3. The van der Waals surface area contributed by atoms with Crippen LogP contribution in [0.3, 0.4) is 0 Å². The molecule has 0 N–H and O–H groups in total. The molecule has 0 aliphatic heterocycles. The smallest absolute Gasteiger partial charge is 0.164 e. The number of hydrogen-bond donors (Lipinski definition) is 0. The molecular weight excluding hydrogens is 749 g/mol. The minimum Gasteiger partial charge on any atom is -0.456 e. The second-order valence-corrected chi connectivity index (χ2v) is 15.6. The normalized spacial score (nSPS) is 11.9. The van der Waals surface area contributed by atoms with E-state index in [0.717, 1.165) is 88.4 Å². The van der Waals surface area contributed by atoms with Gasteiger partial charge in [-0.2, -0.15) is 0 Å². The molecule has 9 aromatic carbocycles. The Morgan fingerprint density at radius 1 is 0.328 bits per heavy atom. The number of fused-ring (bicyclic) bond motifs is 10. The van der Waals surface area contributed by atoms with Crippen LogP contribution >= 0.6 is 0 Å². The fraction of sp³-hybridized carbons (Fsp3) is 0. The van der Waals surface area contributed by atoms with Gasteiger partial charge in [-0.25, -0.2) is 15.0 Å². The summed E-state index contributed by atoms with van der Waals surface area (Å²) < 4.78 is 15.5. The summed E-state index contributed by atoms with van der Waals surface area (Å²) in [7, 11) is 0. The van der Waals surface area contributed by atoms with Crippen LogP contribution in [-0.2, 0) is 0 Å². The molecule has 0 aliphatic carbocycles. The van der Waals surface area contributed by atoms with Gasteiger partial charge in [0.25, 0.3) is 0 Å². The Kier molecular flexibility index (Phi) is 7.21. The molecule has 0 saturated carbocycles. The third-order valence-electron chi connectivity index (χ3n) is 12.0. The van der Waals surface area contributed by atoms with Crippen LogP contribution in [0, 0.1) is 0 Å². The van der Waals surface area contributed by atoms with Gasteiger partial charge in [-0.15, -0.1) is 0 Å². The molecule has 0 atom stereocenters. The van der Waals surface area contributed by atoms with Crippen molar-refractivity contribution in [2.24, 2.45) is 0 Å². The molecule has 61 heavy (non-hydrogen) atoms. The second-order valence-electron chi connectivity index (χ2n) is 15.6. The lowest BCUT2D eigenvalue weighted by Crippen LogP contribution is -2.02. The van der Waals surface area contributed by atoms with Gasteiger partial charge in [0, 0.05) is 60.1 Å². The van der Waals surface area contributed by atoms with Crippen molar-refractivity contribution in [1.82, 2.24) is 19.5 Å². The van der Waals surface area contributed by atoms with E-state index in [1.165, 1.54) is 21.5 Å². The molecule has 0 saturated heterocycles. The largest absolute Gasteiger partial charge is 0.456 e. The first kappa shape index (κ1) is 33.6. The average molecular weight is 781 g/mol. The summed E-state index contributed by atoms with van der Waals surface area (Å²) in [4.78, 5) is 15.5. The van der Waals surface area contributed by atoms with Crippen molar-refractivity contribution in [2.75, 3.05) is 0 Å². The number of aromatic nitrogens is 4. The number of nitrogens with zero attached hydrogens (tertiary/aromatic N) is 4. The van der Waals surface area contributed by atoms with Gasteiger partial charge in [0.05, 0.1) is 16.7 Å². The van der Waals surface area contributed by atoms with Crippen molar-refractivity contribution in [3.8, 4) is 51.0 Å². The van der Waals surface area contributed by atoms with Gasteiger partial charge in [-0.1, -0.05) is 133 Å². The molecule has 0 unspecified atom stereocenters. The third-order valence-corrected chi connectivity index (χ3v) is 12.0. The number of benzene rings is 9. The summed E-state index contributed by atoms with van der Waals surface area (Å²) in [5.74, 6) is 1.71. The SMILES string of the molecule is c1ccc(-c2nc(-c3ccc(-n4c5ccccc5c5cc6ccccc6cc54)c(-c4cccc5c4oc4ccccc45)c3)nc(-c3ccc4c(c3)oc3ccccc34)n2)cc1. The highest BCUT2D eigenvalue weighted by molar-refractivity contribution is 6.15. The van der Waals surface area contributed by atoms with E-state index in [0.29, 0.717) is 17.5 Å². The maximum Gasteiger partial charge on any atom is 0.164 e. The standard InChI is InChI=1S/C55H32N4O2/c1-2-13-33(14-3-1)53-56-54(58-55(57-53)37-25-27-41-39-18-7-10-23-49(39)60-51(41)32-37)36-26-28-47(45(30-36)43-21-12-20-42-40-19-8-11-24-50(40)61-52(42)43)59-46-22-9-6-17-38(46)44-29-34-15-4-5-16-35(34)31-48(44)59/h1-32H. The van der Waals surface area contributed by atoms with E-state index in [-0.39, 0.29) is 0 Å². The van der Waals surface area contributed by atoms with Gasteiger partial charge in [0.2, 0.25) is 0 Å². The minimum absolute atomic E-state index is 0.561. The molecule has 6 heteroatoms. The van der Waals surface area contributed by atoms with E-state index in [9.17, 15) is 0 Å². The predicted octanol–water partition coefficient (Wildman–Crippen LogP) is 14.6. The van der Waals surface area contributed by atoms with Gasteiger partial charge < -0.3 is 13.4 Å². The Hall–Kier alpha value is -8.35. The molecule has 0 radical (unpaired) electrons. The first-order chi connectivity index (χ1) is 30.2. The number of hydrogen-bond acceptors (Lipinski definition) is 5. The zero-order valence-corrected chi connectivity index (χ0v) is 32.6. The monoisotopic (exact) mass is 780 g/mol. The van der Waals surface area contributed by atoms with E-state index in [4.69, 9.17) is 23.8 Å². The molecule has 13 aromatic rings. The maximum atomic E-state index is 6.74. The van der Waals surface area contributed by atoms with Crippen LogP contribution in [-0.4, -0.2) is 19.5 Å². The topological polar surface area (TPSA) is 69.9 Å². The molecule has 0 amide bonds. The molecule has 0 bridgehead atoms. The summed E-state index contributed by atoms with van der Waals surface area (Å²) in [6, 6.07) is 67.5. The predicted molar refractivity (Wildman–Crippen MR) is 248 cm³/mol. The van der Waals surface area contributed by atoms with Gasteiger partial charge in [-0.05, 0) is 71.4 Å². The summed E-state index contributed by atoms with van der Waals surface area (Å²) in [5, 5.41) is 9.05. The van der Waals surface area contributed by atoms with E-state index in [1.807, 2.05) is 66.7 Å².